The lowest BCUT2D eigenvalue weighted by atomic mass is 10.3. The van der Waals surface area contributed by atoms with Crippen molar-refractivity contribution in [3.05, 3.63) is 12.2 Å². The predicted octanol–water partition coefficient (Wildman–Crippen LogP) is -1.62. The molecule has 0 fully saturated rings. The summed E-state index contributed by atoms with van der Waals surface area (Å²) in [4.78, 5) is 9.96. The van der Waals surface area contributed by atoms with Gasteiger partial charge in [-0.3, -0.25) is 4.79 Å². The van der Waals surface area contributed by atoms with Gasteiger partial charge >= 0.3 is 0 Å². The Hall–Kier alpha value is -0.870. The van der Waals surface area contributed by atoms with Gasteiger partial charge in [0.1, 0.15) is 0 Å². The van der Waals surface area contributed by atoms with Crippen LogP contribution in [0.5, 0.6) is 0 Å². The molecule has 9 heavy (non-hydrogen) atoms. The molecule has 4 N–H and O–H groups in total. The van der Waals surface area contributed by atoms with Gasteiger partial charge in [0.25, 0.3) is 0 Å². The zero-order valence-corrected chi connectivity index (χ0v) is 4.82. The van der Waals surface area contributed by atoms with Gasteiger partial charge in [0.05, 0.1) is 12.7 Å². The van der Waals surface area contributed by atoms with Crippen molar-refractivity contribution in [3.8, 4) is 0 Å². The number of primary amides is 1. The molecule has 0 aromatic carbocycles. The molecule has 1 amide bonds. The summed E-state index contributed by atoms with van der Waals surface area (Å²) >= 11 is 0. The number of hydrogen-bond donors (Lipinski definition) is 3. The Bertz CT molecular complexity index is 121. The van der Waals surface area contributed by atoms with Crippen molar-refractivity contribution in [1.82, 2.24) is 0 Å². The molecule has 0 radical (unpaired) electrons. The fourth-order valence-corrected chi connectivity index (χ4v) is 0.267. The van der Waals surface area contributed by atoms with E-state index in [-0.39, 0.29) is 0 Å². The number of rotatable bonds is 3. The van der Waals surface area contributed by atoms with E-state index in [1.807, 2.05) is 0 Å². The van der Waals surface area contributed by atoms with Gasteiger partial charge in [0.2, 0.25) is 5.91 Å². The van der Waals surface area contributed by atoms with Crippen LogP contribution in [0.4, 0.5) is 0 Å². The Balaban J connectivity index is 3.56. The zero-order chi connectivity index (χ0) is 7.28. The topological polar surface area (TPSA) is 83.6 Å². The summed E-state index contributed by atoms with van der Waals surface area (Å²) in [6.45, 7) is -0.399. The summed E-state index contributed by atoms with van der Waals surface area (Å²) in [5.41, 5.74) is 4.68. The third kappa shape index (κ3) is 4.99. The van der Waals surface area contributed by atoms with Crippen LogP contribution in [0.3, 0.4) is 0 Å². The molecule has 4 heteroatoms. The van der Waals surface area contributed by atoms with E-state index in [4.69, 9.17) is 10.2 Å². The number of carbonyl (C=O) groups excluding carboxylic acids is 1. The number of amides is 1. The number of aliphatic hydroxyl groups is 2. The van der Waals surface area contributed by atoms with Crippen LogP contribution < -0.4 is 5.73 Å². The van der Waals surface area contributed by atoms with Crippen LogP contribution in [0.15, 0.2) is 12.2 Å². The molecule has 0 aromatic rings. The highest BCUT2D eigenvalue weighted by Gasteiger charge is 1.93. The maximum Gasteiger partial charge on any atom is 0.241 e. The largest absolute Gasteiger partial charge is 0.393 e. The molecule has 0 saturated heterocycles. The number of aliphatic hydroxyl groups excluding tert-OH is 2. The average Bonchev–Trinajstić information content (AvgIpc) is 1.83. The van der Waals surface area contributed by atoms with E-state index in [9.17, 15) is 4.79 Å². The fourth-order valence-electron chi connectivity index (χ4n) is 0.267. The van der Waals surface area contributed by atoms with Gasteiger partial charge in [0, 0.05) is 6.08 Å². The summed E-state index contributed by atoms with van der Waals surface area (Å²) in [7, 11) is 0. The Morgan fingerprint density at radius 1 is 1.78 bits per heavy atom. The van der Waals surface area contributed by atoms with Gasteiger partial charge < -0.3 is 15.9 Å². The second kappa shape index (κ2) is 4.05. The Labute approximate surface area is 52.6 Å². The normalized spacial score (nSPS) is 14.0. The van der Waals surface area contributed by atoms with Gasteiger partial charge in [-0.25, -0.2) is 0 Å². The molecule has 52 valence electrons. The van der Waals surface area contributed by atoms with Crippen LogP contribution in [0, 0.1) is 0 Å². The second-order valence-corrected chi connectivity index (χ2v) is 1.51. The van der Waals surface area contributed by atoms with Gasteiger partial charge in [-0.15, -0.1) is 0 Å². The first-order chi connectivity index (χ1) is 4.16. The van der Waals surface area contributed by atoms with Crippen molar-refractivity contribution < 1.29 is 15.0 Å². The Morgan fingerprint density at radius 3 is 2.67 bits per heavy atom. The highest BCUT2D eigenvalue weighted by atomic mass is 16.3. The van der Waals surface area contributed by atoms with E-state index in [0.717, 1.165) is 12.2 Å². The lowest BCUT2D eigenvalue weighted by Gasteiger charge is -1.95. The summed E-state index contributed by atoms with van der Waals surface area (Å²) < 4.78 is 0. The average molecular weight is 131 g/mol. The van der Waals surface area contributed by atoms with Crippen LogP contribution >= 0.6 is 0 Å². The standard InChI is InChI=1S/C5H9NO3/c6-5(9)2-1-4(8)3-7/h1-2,4,7-8H,3H2,(H2,6,9). The van der Waals surface area contributed by atoms with Crippen LogP contribution in [0.2, 0.25) is 0 Å². The summed E-state index contributed by atoms with van der Waals surface area (Å²) in [5.74, 6) is -0.637. The number of nitrogens with two attached hydrogens (primary N) is 1. The molecule has 0 saturated carbocycles. The van der Waals surface area contributed by atoms with E-state index >= 15 is 0 Å². The maximum atomic E-state index is 9.96. The molecule has 1 atom stereocenters. The SMILES string of the molecule is NC(=O)C=CC(O)CO. The van der Waals surface area contributed by atoms with Crippen molar-refractivity contribution in [2.45, 2.75) is 6.10 Å². The van der Waals surface area contributed by atoms with E-state index in [2.05, 4.69) is 5.73 Å². The first-order valence-corrected chi connectivity index (χ1v) is 2.43. The third-order valence-electron chi connectivity index (χ3n) is 0.670. The first-order valence-electron chi connectivity index (χ1n) is 2.43. The first kappa shape index (κ1) is 8.13. The van der Waals surface area contributed by atoms with Crippen LogP contribution in [-0.2, 0) is 4.79 Å². The van der Waals surface area contributed by atoms with Crippen molar-refractivity contribution in [2.75, 3.05) is 6.61 Å². The van der Waals surface area contributed by atoms with E-state index < -0.39 is 18.6 Å². The van der Waals surface area contributed by atoms with Gasteiger partial charge in [0.15, 0.2) is 0 Å². The molecule has 1 unspecified atom stereocenters. The minimum absolute atomic E-state index is 0.399. The molecule has 0 bridgehead atoms. The fraction of sp³-hybridized carbons (Fsp3) is 0.400. The molecular formula is C5H9NO3. The predicted molar refractivity (Wildman–Crippen MR) is 31.4 cm³/mol. The lowest BCUT2D eigenvalue weighted by Crippen LogP contribution is -2.11. The van der Waals surface area contributed by atoms with Crippen molar-refractivity contribution in [1.29, 1.82) is 0 Å². The molecule has 0 aliphatic rings. The number of hydrogen-bond acceptors (Lipinski definition) is 3. The van der Waals surface area contributed by atoms with Crippen molar-refractivity contribution in [2.24, 2.45) is 5.73 Å². The lowest BCUT2D eigenvalue weighted by molar-refractivity contribution is -0.113. The van der Waals surface area contributed by atoms with Crippen molar-refractivity contribution in [3.63, 3.8) is 0 Å². The summed E-state index contributed by atoms with van der Waals surface area (Å²) in [5, 5.41) is 16.8. The minimum Gasteiger partial charge on any atom is -0.393 e. The molecule has 0 rings (SSSR count). The zero-order valence-electron chi connectivity index (χ0n) is 4.82. The smallest absolute Gasteiger partial charge is 0.241 e. The molecule has 0 heterocycles. The molecule has 0 aliphatic heterocycles. The quantitative estimate of drug-likeness (QED) is 0.402. The molecule has 0 spiro atoms. The van der Waals surface area contributed by atoms with Crippen LogP contribution in [0.25, 0.3) is 0 Å². The second-order valence-electron chi connectivity index (χ2n) is 1.51. The van der Waals surface area contributed by atoms with Gasteiger partial charge in [-0.05, 0) is 6.08 Å². The van der Waals surface area contributed by atoms with E-state index in [1.54, 1.807) is 0 Å². The maximum absolute atomic E-state index is 9.96. The number of carbonyl (C=O) groups is 1. The highest BCUT2D eigenvalue weighted by molar-refractivity contribution is 5.85. The summed E-state index contributed by atoms with van der Waals surface area (Å²) in [6, 6.07) is 0. The highest BCUT2D eigenvalue weighted by Crippen LogP contribution is 1.81. The van der Waals surface area contributed by atoms with E-state index in [1.165, 1.54) is 0 Å². The van der Waals surface area contributed by atoms with Gasteiger partial charge in [-0.1, -0.05) is 0 Å². The Kier molecular flexibility index (Phi) is 3.66. The monoisotopic (exact) mass is 131 g/mol. The van der Waals surface area contributed by atoms with Crippen LogP contribution in [-0.4, -0.2) is 28.8 Å². The van der Waals surface area contributed by atoms with Crippen LogP contribution in [0.1, 0.15) is 0 Å². The third-order valence-corrected chi connectivity index (χ3v) is 0.670. The molecule has 0 aromatic heterocycles. The van der Waals surface area contributed by atoms with Gasteiger partial charge in [-0.2, -0.15) is 0 Å². The Morgan fingerprint density at radius 2 is 2.33 bits per heavy atom. The summed E-state index contributed by atoms with van der Waals surface area (Å²) in [6.07, 6.45) is 1.14. The van der Waals surface area contributed by atoms with E-state index in [0.29, 0.717) is 0 Å². The molecule has 4 nitrogen and oxygen atoms in total. The molecule has 0 aliphatic carbocycles. The minimum atomic E-state index is -0.988. The molecular weight excluding hydrogens is 122 g/mol. The van der Waals surface area contributed by atoms with Crippen molar-refractivity contribution >= 4 is 5.91 Å².